The summed E-state index contributed by atoms with van der Waals surface area (Å²) in [4.78, 5) is 22.6. The molecule has 132 valence electrons. The first kappa shape index (κ1) is 18.7. The van der Waals surface area contributed by atoms with Crippen molar-refractivity contribution >= 4 is 33.2 Å². The van der Waals surface area contributed by atoms with E-state index in [1.54, 1.807) is 6.07 Å². The van der Waals surface area contributed by atoms with Crippen LogP contribution in [0.3, 0.4) is 0 Å². The molecule has 7 nitrogen and oxygen atoms in total. The lowest BCUT2D eigenvalue weighted by molar-refractivity contribution is -0.384. The summed E-state index contributed by atoms with van der Waals surface area (Å²) in [5.74, 6) is 0.359. The number of carbonyl (C=O) groups excluding carboxylic acids is 1. The van der Waals surface area contributed by atoms with Crippen LogP contribution in [0.2, 0.25) is 0 Å². The molecule has 0 unspecified atom stereocenters. The molecule has 0 aliphatic heterocycles. The van der Waals surface area contributed by atoms with Gasteiger partial charge >= 0.3 is 0 Å². The van der Waals surface area contributed by atoms with Crippen molar-refractivity contribution in [2.75, 3.05) is 19.0 Å². The Bertz CT molecular complexity index is 795. The summed E-state index contributed by atoms with van der Waals surface area (Å²) in [6, 6.07) is 9.79. The lowest BCUT2D eigenvalue weighted by atomic mass is 10.2. The number of aryl methyl sites for hydroxylation is 1. The minimum absolute atomic E-state index is 0.0831. The Morgan fingerprint density at radius 1 is 1.28 bits per heavy atom. The van der Waals surface area contributed by atoms with Crippen LogP contribution >= 0.6 is 15.9 Å². The monoisotopic (exact) mass is 408 g/mol. The molecule has 2 rings (SSSR count). The van der Waals surface area contributed by atoms with Crippen molar-refractivity contribution in [1.82, 2.24) is 0 Å². The van der Waals surface area contributed by atoms with Gasteiger partial charge in [-0.1, -0.05) is 13.0 Å². The molecule has 0 atom stereocenters. The number of hydrogen-bond donors (Lipinski definition) is 1. The van der Waals surface area contributed by atoms with Gasteiger partial charge in [-0.2, -0.15) is 0 Å². The van der Waals surface area contributed by atoms with Gasteiger partial charge in [-0.05, 0) is 52.2 Å². The molecular formula is C17H17BrN2O5. The number of carbonyl (C=O) groups is 1. The smallest absolute Gasteiger partial charge is 0.296 e. The standard InChI is InChI=1S/C17H17BrN2O5/c1-3-11-4-7-16(13(18)8-11)25-10-17(21)19-14-6-5-12(24-2)9-15(14)20(22)23/h4-9H,3,10H2,1-2H3,(H,19,21). The van der Waals surface area contributed by atoms with Gasteiger partial charge in [0.1, 0.15) is 17.2 Å². The van der Waals surface area contributed by atoms with Crippen LogP contribution < -0.4 is 14.8 Å². The second-order valence-corrected chi connectivity index (χ2v) is 5.95. The van der Waals surface area contributed by atoms with Crippen molar-refractivity contribution in [2.24, 2.45) is 0 Å². The van der Waals surface area contributed by atoms with Gasteiger partial charge in [0.15, 0.2) is 6.61 Å². The second-order valence-electron chi connectivity index (χ2n) is 5.10. The molecule has 1 N–H and O–H groups in total. The summed E-state index contributed by atoms with van der Waals surface area (Å²) in [6.07, 6.45) is 0.889. The number of nitro benzene ring substituents is 1. The fourth-order valence-corrected chi connectivity index (χ4v) is 2.65. The fraction of sp³-hybridized carbons (Fsp3) is 0.235. The van der Waals surface area contributed by atoms with E-state index in [0.29, 0.717) is 11.5 Å². The number of hydrogen-bond acceptors (Lipinski definition) is 5. The Morgan fingerprint density at radius 3 is 2.64 bits per heavy atom. The molecule has 0 aliphatic rings. The maximum Gasteiger partial charge on any atom is 0.296 e. The fourth-order valence-electron chi connectivity index (χ4n) is 2.11. The number of rotatable bonds is 7. The molecule has 0 aliphatic carbocycles. The quantitative estimate of drug-likeness (QED) is 0.553. The van der Waals surface area contributed by atoms with E-state index in [9.17, 15) is 14.9 Å². The number of anilines is 1. The number of ether oxygens (including phenoxy) is 2. The van der Waals surface area contributed by atoms with E-state index < -0.39 is 10.8 Å². The van der Waals surface area contributed by atoms with Crippen molar-refractivity contribution in [1.29, 1.82) is 0 Å². The lowest BCUT2D eigenvalue weighted by Crippen LogP contribution is -2.20. The van der Waals surface area contributed by atoms with Crippen molar-refractivity contribution in [3.63, 3.8) is 0 Å². The number of nitro groups is 1. The molecule has 2 aromatic rings. The zero-order chi connectivity index (χ0) is 18.4. The first-order valence-electron chi connectivity index (χ1n) is 7.48. The highest BCUT2D eigenvalue weighted by Crippen LogP contribution is 2.29. The number of methoxy groups -OCH3 is 1. The van der Waals surface area contributed by atoms with E-state index in [2.05, 4.69) is 21.2 Å². The van der Waals surface area contributed by atoms with Gasteiger partial charge in [0.2, 0.25) is 0 Å². The number of nitrogens with zero attached hydrogens (tertiary/aromatic N) is 1. The number of halogens is 1. The molecular weight excluding hydrogens is 392 g/mol. The Kier molecular flexibility index (Phi) is 6.35. The maximum atomic E-state index is 12.0. The van der Waals surface area contributed by atoms with E-state index in [1.165, 1.54) is 25.3 Å². The Labute approximate surface area is 153 Å². The molecule has 0 saturated carbocycles. The van der Waals surface area contributed by atoms with E-state index in [-0.39, 0.29) is 18.0 Å². The maximum absolute atomic E-state index is 12.0. The topological polar surface area (TPSA) is 90.7 Å². The van der Waals surface area contributed by atoms with Crippen LogP contribution in [-0.2, 0) is 11.2 Å². The van der Waals surface area contributed by atoms with Crippen molar-refractivity contribution < 1.29 is 19.2 Å². The minimum atomic E-state index is -0.584. The van der Waals surface area contributed by atoms with E-state index in [4.69, 9.17) is 9.47 Å². The highest BCUT2D eigenvalue weighted by molar-refractivity contribution is 9.10. The third-order valence-electron chi connectivity index (χ3n) is 3.44. The zero-order valence-corrected chi connectivity index (χ0v) is 15.3. The zero-order valence-electron chi connectivity index (χ0n) is 13.7. The third-order valence-corrected chi connectivity index (χ3v) is 4.06. The highest BCUT2D eigenvalue weighted by atomic mass is 79.9. The predicted molar refractivity (Wildman–Crippen MR) is 97.3 cm³/mol. The molecule has 25 heavy (non-hydrogen) atoms. The van der Waals surface area contributed by atoms with Crippen molar-refractivity contribution in [3.8, 4) is 11.5 Å². The Balaban J connectivity index is 2.04. The molecule has 0 heterocycles. The highest BCUT2D eigenvalue weighted by Gasteiger charge is 2.17. The average molecular weight is 409 g/mol. The van der Waals surface area contributed by atoms with Crippen LogP contribution in [0.4, 0.5) is 11.4 Å². The van der Waals surface area contributed by atoms with E-state index in [1.807, 2.05) is 19.1 Å². The minimum Gasteiger partial charge on any atom is -0.496 e. The summed E-state index contributed by atoms with van der Waals surface area (Å²) in [5.41, 5.74) is 0.971. The summed E-state index contributed by atoms with van der Waals surface area (Å²) >= 11 is 3.39. The van der Waals surface area contributed by atoms with Crippen molar-refractivity contribution in [2.45, 2.75) is 13.3 Å². The molecule has 8 heteroatoms. The molecule has 2 aromatic carbocycles. The van der Waals surface area contributed by atoms with Gasteiger partial charge in [0, 0.05) is 0 Å². The normalized spacial score (nSPS) is 10.2. The first-order chi connectivity index (χ1) is 11.9. The summed E-state index contributed by atoms with van der Waals surface area (Å²) in [7, 11) is 1.41. The SMILES string of the molecule is CCc1ccc(OCC(=O)Nc2ccc(OC)cc2[N+](=O)[O-])c(Br)c1. The molecule has 0 radical (unpaired) electrons. The lowest BCUT2D eigenvalue weighted by Gasteiger charge is -2.10. The summed E-state index contributed by atoms with van der Waals surface area (Å²) in [6.45, 7) is 1.77. The number of benzene rings is 2. The van der Waals surface area contributed by atoms with Crippen LogP contribution in [0.15, 0.2) is 40.9 Å². The van der Waals surface area contributed by atoms with Crippen LogP contribution in [0.25, 0.3) is 0 Å². The number of amides is 1. The van der Waals surface area contributed by atoms with Crippen LogP contribution in [0, 0.1) is 10.1 Å². The summed E-state index contributed by atoms with van der Waals surface area (Å²) < 4.78 is 11.2. The van der Waals surface area contributed by atoms with Crippen LogP contribution in [-0.4, -0.2) is 24.5 Å². The molecule has 0 spiro atoms. The number of nitrogens with one attached hydrogen (secondary N) is 1. The molecule has 0 saturated heterocycles. The first-order valence-corrected chi connectivity index (χ1v) is 8.27. The van der Waals surface area contributed by atoms with Gasteiger partial charge in [-0.3, -0.25) is 14.9 Å². The molecule has 0 bridgehead atoms. The molecule has 0 fully saturated rings. The van der Waals surface area contributed by atoms with Gasteiger partial charge in [-0.25, -0.2) is 0 Å². The van der Waals surface area contributed by atoms with Gasteiger partial charge in [0.05, 0.1) is 22.6 Å². The third kappa shape index (κ3) is 4.93. The Hall–Kier alpha value is -2.61. The largest absolute Gasteiger partial charge is 0.496 e. The van der Waals surface area contributed by atoms with Crippen molar-refractivity contribution in [3.05, 3.63) is 56.5 Å². The van der Waals surface area contributed by atoms with Crippen LogP contribution in [0.5, 0.6) is 11.5 Å². The second kappa shape index (κ2) is 8.48. The molecule has 1 amide bonds. The van der Waals surface area contributed by atoms with Crippen LogP contribution in [0.1, 0.15) is 12.5 Å². The van der Waals surface area contributed by atoms with Gasteiger partial charge < -0.3 is 14.8 Å². The van der Waals surface area contributed by atoms with E-state index >= 15 is 0 Å². The molecule has 0 aromatic heterocycles. The van der Waals surface area contributed by atoms with Gasteiger partial charge in [-0.15, -0.1) is 0 Å². The summed E-state index contributed by atoms with van der Waals surface area (Å²) in [5, 5.41) is 13.6. The predicted octanol–water partition coefficient (Wildman–Crippen LogP) is 3.95. The Morgan fingerprint density at radius 2 is 2.04 bits per heavy atom. The average Bonchev–Trinajstić information content (AvgIpc) is 2.60. The van der Waals surface area contributed by atoms with E-state index in [0.717, 1.165) is 16.5 Å². The van der Waals surface area contributed by atoms with Gasteiger partial charge in [0.25, 0.3) is 11.6 Å².